The van der Waals surface area contributed by atoms with Gasteiger partial charge in [-0.1, -0.05) is 0 Å². The maximum atomic E-state index is 11.5. The summed E-state index contributed by atoms with van der Waals surface area (Å²) in [5.74, 6) is -1.74. The van der Waals surface area contributed by atoms with Crippen LogP contribution in [0.2, 0.25) is 0 Å². The van der Waals surface area contributed by atoms with Crippen molar-refractivity contribution in [2.75, 3.05) is 32.1 Å². The maximum Gasteiger partial charge on any atom is 0.214 e. The Bertz CT molecular complexity index is 293. The van der Waals surface area contributed by atoms with Crippen LogP contribution in [0.15, 0.2) is 0 Å². The van der Waals surface area contributed by atoms with E-state index < -0.39 is 28.2 Å². The predicted octanol–water partition coefficient (Wildman–Crippen LogP) is -2.21. The molecule has 0 bridgehead atoms. The van der Waals surface area contributed by atoms with Gasteiger partial charge >= 0.3 is 0 Å². The lowest BCUT2D eigenvalue weighted by Gasteiger charge is -2.26. The van der Waals surface area contributed by atoms with Crippen molar-refractivity contribution in [3.8, 4) is 0 Å². The fourth-order valence-electron chi connectivity index (χ4n) is 1.17. The van der Waals surface area contributed by atoms with Crippen molar-refractivity contribution >= 4 is 16.0 Å². The second-order valence-corrected chi connectivity index (χ2v) is 5.04. The number of hydrogen-bond donors (Lipinski definition) is 0. The Labute approximate surface area is 82.5 Å². The predicted molar refractivity (Wildman–Crippen MR) is 45.8 cm³/mol. The number of carbonyl (C=O) groups excluding carboxylic acids is 1. The zero-order valence-electron chi connectivity index (χ0n) is 7.64. The van der Waals surface area contributed by atoms with Gasteiger partial charge in [0.1, 0.15) is 0 Å². The van der Waals surface area contributed by atoms with Crippen molar-refractivity contribution in [3.05, 3.63) is 0 Å². The Balaban J connectivity index is 2.50. The van der Waals surface area contributed by atoms with Crippen LogP contribution in [0, 0.1) is 0 Å². The van der Waals surface area contributed by atoms with Gasteiger partial charge in [0.25, 0.3) is 0 Å². The first kappa shape index (κ1) is 11.4. The molecule has 0 aromatic carbocycles. The first-order valence-corrected chi connectivity index (χ1v) is 5.89. The smallest absolute Gasteiger partial charge is 0.214 e. The summed E-state index contributed by atoms with van der Waals surface area (Å²) in [6.45, 7) is 1.33. The lowest BCUT2D eigenvalue weighted by molar-refractivity contribution is -0.305. The molecule has 14 heavy (non-hydrogen) atoms. The molecule has 82 valence electrons. The average molecular weight is 222 g/mol. The van der Waals surface area contributed by atoms with E-state index in [1.165, 1.54) is 4.31 Å². The fraction of sp³-hybridized carbons (Fsp3) is 0.857. The highest BCUT2D eigenvalue weighted by molar-refractivity contribution is 7.89. The van der Waals surface area contributed by atoms with Crippen LogP contribution in [-0.2, 0) is 19.6 Å². The van der Waals surface area contributed by atoms with Crippen molar-refractivity contribution in [1.82, 2.24) is 4.31 Å². The monoisotopic (exact) mass is 222 g/mol. The Morgan fingerprint density at radius 2 is 1.93 bits per heavy atom. The van der Waals surface area contributed by atoms with Gasteiger partial charge in [-0.2, -0.15) is 4.31 Å². The highest BCUT2D eigenvalue weighted by Gasteiger charge is 2.23. The zero-order valence-corrected chi connectivity index (χ0v) is 8.46. The maximum absolute atomic E-state index is 11.5. The quantitative estimate of drug-likeness (QED) is 0.538. The van der Waals surface area contributed by atoms with Crippen LogP contribution < -0.4 is 5.11 Å². The molecule has 1 fully saturated rings. The van der Waals surface area contributed by atoms with Crippen molar-refractivity contribution in [2.45, 2.75) is 6.42 Å². The van der Waals surface area contributed by atoms with E-state index in [1.807, 2.05) is 0 Å². The van der Waals surface area contributed by atoms with Crippen molar-refractivity contribution < 1.29 is 23.1 Å². The molecule has 0 N–H and O–H groups in total. The fourth-order valence-corrected chi connectivity index (χ4v) is 2.55. The van der Waals surface area contributed by atoms with Gasteiger partial charge in [-0.05, 0) is 0 Å². The molecule has 0 aromatic heterocycles. The molecule has 6 nitrogen and oxygen atoms in total. The van der Waals surface area contributed by atoms with E-state index in [-0.39, 0.29) is 0 Å². The molecule has 1 aliphatic heterocycles. The van der Waals surface area contributed by atoms with Crippen molar-refractivity contribution in [2.24, 2.45) is 0 Å². The van der Waals surface area contributed by atoms with E-state index in [2.05, 4.69) is 0 Å². The third-order valence-electron chi connectivity index (χ3n) is 1.93. The number of sulfonamides is 1. The van der Waals surface area contributed by atoms with Crippen LogP contribution in [0.5, 0.6) is 0 Å². The molecule has 0 unspecified atom stereocenters. The molecule has 7 heteroatoms. The van der Waals surface area contributed by atoms with Crippen LogP contribution in [0.1, 0.15) is 6.42 Å². The van der Waals surface area contributed by atoms with Gasteiger partial charge in [0.2, 0.25) is 10.0 Å². The summed E-state index contributed by atoms with van der Waals surface area (Å²) in [5, 5.41) is 10.1. The van der Waals surface area contributed by atoms with E-state index in [0.717, 1.165) is 0 Å². The summed E-state index contributed by atoms with van der Waals surface area (Å²) in [6, 6.07) is 0. The van der Waals surface area contributed by atoms with Crippen LogP contribution in [0.3, 0.4) is 0 Å². The van der Waals surface area contributed by atoms with Gasteiger partial charge < -0.3 is 14.6 Å². The van der Waals surface area contributed by atoms with Crippen LogP contribution in [0.4, 0.5) is 0 Å². The molecule has 1 rings (SSSR count). The summed E-state index contributed by atoms with van der Waals surface area (Å²) in [4.78, 5) is 10.1. The highest BCUT2D eigenvalue weighted by Crippen LogP contribution is 2.06. The zero-order chi connectivity index (χ0) is 10.6. The Morgan fingerprint density at radius 1 is 1.36 bits per heavy atom. The number of hydrogen-bond acceptors (Lipinski definition) is 5. The van der Waals surface area contributed by atoms with Gasteiger partial charge in [0.05, 0.1) is 19.0 Å². The number of morpholine rings is 1. The van der Waals surface area contributed by atoms with Gasteiger partial charge in [-0.25, -0.2) is 8.42 Å². The lowest BCUT2D eigenvalue weighted by atomic mass is 10.5. The number of aliphatic carboxylic acids is 1. The standard InChI is InChI=1S/C7H13NO5S/c9-7(10)1-6-14(11,12)8-2-4-13-5-3-8/h1-6H2,(H,9,10)/p-1. The summed E-state index contributed by atoms with van der Waals surface area (Å²) in [6.07, 6.45) is -0.459. The molecule has 1 saturated heterocycles. The molecule has 1 heterocycles. The summed E-state index contributed by atoms with van der Waals surface area (Å²) >= 11 is 0. The normalized spacial score (nSPS) is 19.4. The summed E-state index contributed by atoms with van der Waals surface area (Å²) < 4.78 is 29.2. The summed E-state index contributed by atoms with van der Waals surface area (Å²) in [7, 11) is -3.45. The molecule has 0 saturated carbocycles. The minimum absolute atomic E-state index is 0.301. The van der Waals surface area contributed by atoms with E-state index in [9.17, 15) is 18.3 Å². The van der Waals surface area contributed by atoms with Crippen LogP contribution in [-0.4, -0.2) is 50.7 Å². The van der Waals surface area contributed by atoms with Crippen LogP contribution >= 0.6 is 0 Å². The Kier molecular flexibility index (Phi) is 3.85. The Hall–Kier alpha value is -0.660. The lowest BCUT2D eigenvalue weighted by Crippen LogP contribution is -2.42. The molecule has 0 radical (unpaired) electrons. The topological polar surface area (TPSA) is 86.7 Å². The molecule has 0 aliphatic carbocycles. The summed E-state index contributed by atoms with van der Waals surface area (Å²) in [5.41, 5.74) is 0. The number of ether oxygens (including phenoxy) is 1. The number of rotatable bonds is 4. The largest absolute Gasteiger partial charge is 0.550 e. The van der Waals surface area contributed by atoms with Gasteiger partial charge in [-0.15, -0.1) is 0 Å². The first-order chi connectivity index (χ1) is 6.52. The molecular weight excluding hydrogens is 210 g/mol. The number of carboxylic acid groups (broad SMARTS) is 1. The van der Waals surface area contributed by atoms with Gasteiger partial charge in [0.15, 0.2) is 0 Å². The molecule has 0 aromatic rings. The molecular formula is C7H12NO5S-. The minimum atomic E-state index is -3.45. The SMILES string of the molecule is O=C([O-])CCS(=O)(=O)N1CCOCC1. The third kappa shape index (κ3) is 3.24. The van der Waals surface area contributed by atoms with Gasteiger partial charge in [0, 0.05) is 25.5 Å². The molecule has 0 spiro atoms. The van der Waals surface area contributed by atoms with E-state index in [1.54, 1.807) is 0 Å². The second kappa shape index (κ2) is 4.72. The molecule has 1 aliphatic rings. The van der Waals surface area contributed by atoms with Crippen LogP contribution in [0.25, 0.3) is 0 Å². The number of carboxylic acids is 1. The van der Waals surface area contributed by atoms with Crippen molar-refractivity contribution in [3.63, 3.8) is 0 Å². The average Bonchev–Trinajstić information content (AvgIpc) is 2.16. The molecule has 0 atom stereocenters. The highest BCUT2D eigenvalue weighted by atomic mass is 32.2. The van der Waals surface area contributed by atoms with Crippen molar-refractivity contribution in [1.29, 1.82) is 0 Å². The Morgan fingerprint density at radius 3 is 2.43 bits per heavy atom. The number of nitrogens with zero attached hydrogens (tertiary/aromatic N) is 1. The van der Waals surface area contributed by atoms with Gasteiger partial charge in [-0.3, -0.25) is 0 Å². The molecule has 0 amide bonds. The van der Waals surface area contributed by atoms with E-state index >= 15 is 0 Å². The van der Waals surface area contributed by atoms with E-state index in [0.29, 0.717) is 26.3 Å². The first-order valence-electron chi connectivity index (χ1n) is 4.28. The minimum Gasteiger partial charge on any atom is -0.550 e. The third-order valence-corrected chi connectivity index (χ3v) is 3.80. The number of carbonyl (C=O) groups is 1. The van der Waals surface area contributed by atoms with E-state index in [4.69, 9.17) is 4.74 Å². The second-order valence-electron chi connectivity index (χ2n) is 2.95.